The van der Waals surface area contributed by atoms with Gasteiger partial charge in [0.1, 0.15) is 0 Å². The predicted molar refractivity (Wildman–Crippen MR) is 58.4 cm³/mol. The molecule has 0 aromatic carbocycles. The summed E-state index contributed by atoms with van der Waals surface area (Å²) < 4.78 is 1.75. The maximum Gasteiger partial charge on any atom is 0.220 e. The summed E-state index contributed by atoms with van der Waals surface area (Å²) in [5, 5.41) is 10.9. The van der Waals surface area contributed by atoms with Crippen molar-refractivity contribution in [1.29, 1.82) is 0 Å². The van der Waals surface area contributed by atoms with E-state index in [1.807, 2.05) is 13.1 Å². The van der Waals surface area contributed by atoms with Crippen molar-refractivity contribution in [2.45, 2.75) is 44.8 Å². The molecule has 0 bridgehead atoms. The highest BCUT2D eigenvalue weighted by Crippen LogP contribution is 2.11. The first kappa shape index (κ1) is 11.1. The summed E-state index contributed by atoms with van der Waals surface area (Å²) in [4.78, 5) is 11.0. The number of rotatable bonds is 4. The van der Waals surface area contributed by atoms with Gasteiger partial charge in [0.25, 0.3) is 0 Å². The lowest BCUT2D eigenvalue weighted by Gasteiger charge is -2.08. The van der Waals surface area contributed by atoms with Gasteiger partial charge in [0.2, 0.25) is 5.91 Å². The van der Waals surface area contributed by atoms with Crippen LogP contribution in [0.4, 0.5) is 0 Å². The molecule has 0 saturated carbocycles. The van der Waals surface area contributed by atoms with E-state index < -0.39 is 0 Å². The summed E-state index contributed by atoms with van der Waals surface area (Å²) in [5.41, 5.74) is 6.66. The number of carbonyl (C=O) groups is 1. The highest BCUT2D eigenvalue weighted by Gasteiger charge is 2.21. The average molecular weight is 223 g/mol. The van der Waals surface area contributed by atoms with Crippen LogP contribution in [-0.4, -0.2) is 26.9 Å². The van der Waals surface area contributed by atoms with Crippen molar-refractivity contribution < 1.29 is 4.79 Å². The summed E-state index contributed by atoms with van der Waals surface area (Å²) in [5.74, 6) is 0.121. The Morgan fingerprint density at radius 2 is 2.56 bits per heavy atom. The van der Waals surface area contributed by atoms with E-state index >= 15 is 0 Å². The van der Waals surface area contributed by atoms with E-state index in [9.17, 15) is 4.79 Å². The number of hydrogen-bond acceptors (Lipinski definition) is 4. The van der Waals surface area contributed by atoms with E-state index in [2.05, 4.69) is 15.6 Å². The van der Waals surface area contributed by atoms with E-state index in [0.29, 0.717) is 13.0 Å². The highest BCUT2D eigenvalue weighted by molar-refractivity contribution is 5.78. The third-order valence-corrected chi connectivity index (χ3v) is 2.87. The van der Waals surface area contributed by atoms with Crippen LogP contribution in [0.3, 0.4) is 0 Å². The molecule has 3 N–H and O–H groups in total. The molecular weight excluding hydrogens is 206 g/mol. The Labute approximate surface area is 94.2 Å². The molecule has 0 radical (unpaired) electrons. The molecule has 1 aromatic rings. The fraction of sp³-hybridized carbons (Fsp3) is 0.700. The molecule has 2 heterocycles. The first-order valence-corrected chi connectivity index (χ1v) is 5.64. The quantitative estimate of drug-likeness (QED) is 0.750. The monoisotopic (exact) mass is 223 g/mol. The molecular formula is C10H17N5O. The number of nitrogens with one attached hydrogen (secondary N) is 1. The van der Waals surface area contributed by atoms with Crippen LogP contribution in [0.5, 0.6) is 0 Å². The molecule has 1 amide bonds. The molecule has 16 heavy (non-hydrogen) atoms. The zero-order valence-electron chi connectivity index (χ0n) is 9.39. The minimum Gasteiger partial charge on any atom is -0.351 e. The van der Waals surface area contributed by atoms with Crippen LogP contribution in [0.2, 0.25) is 0 Å². The maximum atomic E-state index is 11.0. The molecule has 1 saturated heterocycles. The van der Waals surface area contributed by atoms with Gasteiger partial charge in [-0.25, -0.2) is 0 Å². The summed E-state index contributed by atoms with van der Waals surface area (Å²) in [6, 6.07) is 0.131. The molecule has 1 aliphatic heterocycles. The fourth-order valence-corrected chi connectivity index (χ4v) is 1.82. The fourth-order valence-electron chi connectivity index (χ4n) is 1.82. The van der Waals surface area contributed by atoms with Crippen molar-refractivity contribution in [1.82, 2.24) is 20.3 Å². The van der Waals surface area contributed by atoms with Crippen LogP contribution in [0.1, 0.15) is 37.9 Å². The van der Waals surface area contributed by atoms with Crippen molar-refractivity contribution in [2.24, 2.45) is 5.73 Å². The molecule has 0 spiro atoms. The SMILES string of the molecule is CCC(N)c1cn(CC2CCC(=O)N2)nn1. The van der Waals surface area contributed by atoms with Gasteiger partial charge in [-0.1, -0.05) is 12.1 Å². The topological polar surface area (TPSA) is 85.8 Å². The lowest BCUT2D eigenvalue weighted by atomic mass is 10.2. The van der Waals surface area contributed by atoms with Gasteiger partial charge in [0.05, 0.1) is 24.5 Å². The van der Waals surface area contributed by atoms with Crippen molar-refractivity contribution in [2.75, 3.05) is 0 Å². The first-order chi connectivity index (χ1) is 7.69. The van der Waals surface area contributed by atoms with Crippen LogP contribution in [0.15, 0.2) is 6.20 Å². The van der Waals surface area contributed by atoms with Gasteiger partial charge >= 0.3 is 0 Å². The molecule has 1 aromatic heterocycles. The Bertz CT molecular complexity index is 375. The summed E-state index contributed by atoms with van der Waals surface area (Å²) in [6.45, 7) is 2.69. The molecule has 2 unspecified atom stereocenters. The second kappa shape index (κ2) is 4.61. The predicted octanol–water partition coefficient (Wildman–Crippen LogP) is -0.0335. The summed E-state index contributed by atoms with van der Waals surface area (Å²) in [7, 11) is 0. The standard InChI is InChI=1S/C10H17N5O/c1-2-8(11)9-6-15(14-13-9)5-7-3-4-10(16)12-7/h6-8H,2-5,11H2,1H3,(H,12,16). The van der Waals surface area contributed by atoms with Crippen molar-refractivity contribution in [3.63, 3.8) is 0 Å². The van der Waals surface area contributed by atoms with E-state index in [1.54, 1.807) is 4.68 Å². The summed E-state index contributed by atoms with van der Waals surface area (Å²) in [6.07, 6.45) is 4.19. The normalized spacial score (nSPS) is 22.1. The Hall–Kier alpha value is -1.43. The lowest BCUT2D eigenvalue weighted by Crippen LogP contribution is -2.29. The number of nitrogens with two attached hydrogens (primary N) is 1. The largest absolute Gasteiger partial charge is 0.351 e. The van der Waals surface area contributed by atoms with Gasteiger partial charge in [0, 0.05) is 12.5 Å². The smallest absolute Gasteiger partial charge is 0.220 e. The number of aromatic nitrogens is 3. The minimum atomic E-state index is -0.0491. The van der Waals surface area contributed by atoms with Crippen LogP contribution < -0.4 is 11.1 Å². The van der Waals surface area contributed by atoms with Crippen LogP contribution in [0, 0.1) is 0 Å². The Balaban J connectivity index is 1.95. The van der Waals surface area contributed by atoms with E-state index in [-0.39, 0.29) is 18.0 Å². The van der Waals surface area contributed by atoms with Gasteiger partial charge in [-0.05, 0) is 12.8 Å². The number of hydrogen-bond donors (Lipinski definition) is 2. The Morgan fingerprint density at radius 3 is 3.19 bits per heavy atom. The third-order valence-electron chi connectivity index (χ3n) is 2.87. The minimum absolute atomic E-state index is 0.0491. The number of carbonyl (C=O) groups excluding carboxylic acids is 1. The van der Waals surface area contributed by atoms with Crippen LogP contribution in [0.25, 0.3) is 0 Å². The van der Waals surface area contributed by atoms with Gasteiger partial charge in [-0.2, -0.15) is 0 Å². The second-order valence-electron chi connectivity index (χ2n) is 4.18. The van der Waals surface area contributed by atoms with E-state index in [1.165, 1.54) is 0 Å². The molecule has 88 valence electrons. The van der Waals surface area contributed by atoms with Crippen molar-refractivity contribution in [3.8, 4) is 0 Å². The van der Waals surface area contributed by atoms with Crippen molar-refractivity contribution in [3.05, 3.63) is 11.9 Å². The average Bonchev–Trinajstić information content (AvgIpc) is 2.87. The lowest BCUT2D eigenvalue weighted by molar-refractivity contribution is -0.119. The maximum absolute atomic E-state index is 11.0. The third kappa shape index (κ3) is 2.38. The molecule has 6 nitrogen and oxygen atoms in total. The van der Waals surface area contributed by atoms with Gasteiger partial charge in [0.15, 0.2) is 0 Å². The van der Waals surface area contributed by atoms with Gasteiger partial charge in [-0.15, -0.1) is 5.10 Å². The van der Waals surface area contributed by atoms with Crippen LogP contribution >= 0.6 is 0 Å². The zero-order chi connectivity index (χ0) is 11.5. The van der Waals surface area contributed by atoms with E-state index in [4.69, 9.17) is 5.73 Å². The molecule has 2 atom stereocenters. The zero-order valence-corrected chi connectivity index (χ0v) is 9.39. The molecule has 1 fully saturated rings. The van der Waals surface area contributed by atoms with Gasteiger partial charge < -0.3 is 11.1 Å². The highest BCUT2D eigenvalue weighted by atomic mass is 16.1. The van der Waals surface area contributed by atoms with Gasteiger partial charge in [-0.3, -0.25) is 9.48 Å². The Kier molecular flexibility index (Phi) is 3.19. The first-order valence-electron chi connectivity index (χ1n) is 5.64. The van der Waals surface area contributed by atoms with Crippen molar-refractivity contribution >= 4 is 5.91 Å². The molecule has 1 aliphatic rings. The Morgan fingerprint density at radius 1 is 1.75 bits per heavy atom. The number of amides is 1. The number of nitrogens with zero attached hydrogens (tertiary/aromatic N) is 3. The van der Waals surface area contributed by atoms with Crippen LogP contribution in [-0.2, 0) is 11.3 Å². The molecule has 6 heteroatoms. The van der Waals surface area contributed by atoms with E-state index in [0.717, 1.165) is 18.5 Å². The molecule has 2 rings (SSSR count). The second-order valence-corrected chi connectivity index (χ2v) is 4.18. The summed E-state index contributed by atoms with van der Waals surface area (Å²) >= 11 is 0. The molecule has 0 aliphatic carbocycles.